The molecule has 0 bridgehead atoms. The summed E-state index contributed by atoms with van der Waals surface area (Å²) in [5, 5.41) is 13.4. The number of nitrogens with one attached hydrogen (secondary N) is 1. The SMILES string of the molecule is CB(O)N1CCC(Nc2cccc(-c3ccnc(Cl)n3)c2)C1. The molecule has 2 aromatic rings. The maximum absolute atomic E-state index is 9.63. The van der Waals surface area contributed by atoms with Crippen LogP contribution in [0.25, 0.3) is 11.3 Å². The number of halogens is 1. The van der Waals surface area contributed by atoms with Gasteiger partial charge in [0.2, 0.25) is 5.28 Å². The molecule has 22 heavy (non-hydrogen) atoms. The molecule has 0 amide bonds. The molecular weight excluding hydrogens is 298 g/mol. The molecule has 114 valence electrons. The summed E-state index contributed by atoms with van der Waals surface area (Å²) in [6.45, 7) is 3.57. The molecule has 1 saturated heterocycles. The van der Waals surface area contributed by atoms with E-state index in [-0.39, 0.29) is 12.3 Å². The van der Waals surface area contributed by atoms with E-state index in [0.717, 1.165) is 36.5 Å². The fraction of sp³-hybridized carbons (Fsp3) is 0.333. The summed E-state index contributed by atoms with van der Waals surface area (Å²) in [6.07, 6.45) is 2.68. The van der Waals surface area contributed by atoms with E-state index in [1.54, 1.807) is 6.20 Å². The molecule has 1 aliphatic heterocycles. The van der Waals surface area contributed by atoms with Gasteiger partial charge in [0.15, 0.2) is 0 Å². The molecule has 1 atom stereocenters. The number of anilines is 1. The molecular formula is C15H18BClN4O. The Morgan fingerprint density at radius 2 is 2.27 bits per heavy atom. The molecule has 1 aliphatic rings. The van der Waals surface area contributed by atoms with Gasteiger partial charge < -0.3 is 15.2 Å². The lowest BCUT2D eigenvalue weighted by atomic mass is 9.86. The van der Waals surface area contributed by atoms with Crippen LogP contribution in [-0.2, 0) is 0 Å². The summed E-state index contributed by atoms with van der Waals surface area (Å²) in [4.78, 5) is 10.2. The van der Waals surface area contributed by atoms with Crippen LogP contribution in [-0.4, -0.2) is 46.0 Å². The highest BCUT2D eigenvalue weighted by molar-refractivity contribution is 6.45. The van der Waals surface area contributed by atoms with Crippen molar-refractivity contribution in [1.82, 2.24) is 14.8 Å². The molecule has 0 radical (unpaired) electrons. The quantitative estimate of drug-likeness (QED) is 0.670. The minimum absolute atomic E-state index is 0.249. The fourth-order valence-electron chi connectivity index (χ4n) is 2.74. The summed E-state index contributed by atoms with van der Waals surface area (Å²) in [5.41, 5.74) is 2.85. The van der Waals surface area contributed by atoms with E-state index in [9.17, 15) is 5.02 Å². The van der Waals surface area contributed by atoms with Crippen molar-refractivity contribution in [2.45, 2.75) is 19.3 Å². The van der Waals surface area contributed by atoms with Crippen molar-refractivity contribution in [3.63, 3.8) is 0 Å². The molecule has 2 N–H and O–H groups in total. The van der Waals surface area contributed by atoms with Crippen LogP contribution >= 0.6 is 11.6 Å². The van der Waals surface area contributed by atoms with Crippen molar-refractivity contribution < 1.29 is 5.02 Å². The number of nitrogens with zero attached hydrogens (tertiary/aromatic N) is 3. The van der Waals surface area contributed by atoms with Gasteiger partial charge in [-0.15, -0.1) is 0 Å². The monoisotopic (exact) mass is 316 g/mol. The molecule has 0 saturated carbocycles. The second kappa shape index (κ2) is 6.65. The second-order valence-corrected chi connectivity index (χ2v) is 5.89. The lowest BCUT2D eigenvalue weighted by Crippen LogP contribution is -2.36. The van der Waals surface area contributed by atoms with Gasteiger partial charge in [-0.3, -0.25) is 0 Å². The van der Waals surface area contributed by atoms with Gasteiger partial charge in [-0.1, -0.05) is 12.1 Å². The summed E-state index contributed by atoms with van der Waals surface area (Å²) in [5.74, 6) is 0. The van der Waals surface area contributed by atoms with Gasteiger partial charge in [-0.2, -0.15) is 0 Å². The summed E-state index contributed by atoms with van der Waals surface area (Å²) in [6, 6.07) is 10.3. The van der Waals surface area contributed by atoms with Crippen molar-refractivity contribution in [3.8, 4) is 11.3 Å². The Morgan fingerprint density at radius 3 is 3.00 bits per heavy atom. The van der Waals surface area contributed by atoms with E-state index in [1.165, 1.54) is 0 Å². The molecule has 0 aliphatic carbocycles. The predicted octanol–water partition coefficient (Wildman–Crippen LogP) is 2.39. The van der Waals surface area contributed by atoms with Crippen molar-refractivity contribution in [2.24, 2.45) is 0 Å². The Morgan fingerprint density at radius 1 is 1.41 bits per heavy atom. The summed E-state index contributed by atoms with van der Waals surface area (Å²) >= 11 is 5.85. The summed E-state index contributed by atoms with van der Waals surface area (Å²) < 4.78 is 0. The zero-order valence-corrected chi connectivity index (χ0v) is 13.2. The average molecular weight is 317 g/mol. The molecule has 5 nitrogen and oxygen atoms in total. The predicted molar refractivity (Wildman–Crippen MR) is 89.9 cm³/mol. The number of hydrogen-bond acceptors (Lipinski definition) is 5. The number of rotatable bonds is 4. The smallest absolute Gasteiger partial charge is 0.376 e. The maximum atomic E-state index is 9.63. The molecule has 1 unspecified atom stereocenters. The first-order chi connectivity index (χ1) is 10.6. The number of aromatic nitrogens is 2. The van der Waals surface area contributed by atoms with Crippen LogP contribution < -0.4 is 5.32 Å². The van der Waals surface area contributed by atoms with Gasteiger partial charge in [0.1, 0.15) is 0 Å². The van der Waals surface area contributed by atoms with Crippen LogP contribution in [0, 0.1) is 0 Å². The van der Waals surface area contributed by atoms with Crippen LogP contribution in [0.4, 0.5) is 5.69 Å². The highest BCUT2D eigenvalue weighted by Gasteiger charge is 2.27. The third-order valence-electron chi connectivity index (χ3n) is 3.90. The third-order valence-corrected chi connectivity index (χ3v) is 4.09. The van der Waals surface area contributed by atoms with E-state index in [4.69, 9.17) is 11.6 Å². The highest BCUT2D eigenvalue weighted by atomic mass is 35.5. The lowest BCUT2D eigenvalue weighted by Gasteiger charge is -2.18. The first-order valence-corrected chi connectivity index (χ1v) is 7.77. The number of benzene rings is 1. The normalized spacial score (nSPS) is 18.4. The second-order valence-electron chi connectivity index (χ2n) is 5.55. The minimum atomic E-state index is -0.388. The number of hydrogen-bond donors (Lipinski definition) is 2. The van der Waals surface area contributed by atoms with Crippen LogP contribution in [0.3, 0.4) is 0 Å². The van der Waals surface area contributed by atoms with Crippen LogP contribution in [0.5, 0.6) is 0 Å². The van der Waals surface area contributed by atoms with E-state index in [0.29, 0.717) is 6.04 Å². The maximum Gasteiger partial charge on any atom is 0.376 e. The fourth-order valence-corrected chi connectivity index (χ4v) is 2.89. The van der Waals surface area contributed by atoms with Gasteiger partial charge in [0.25, 0.3) is 0 Å². The molecule has 7 heteroatoms. The molecule has 1 aromatic carbocycles. The van der Waals surface area contributed by atoms with Crippen LogP contribution in [0.15, 0.2) is 36.5 Å². The first-order valence-electron chi connectivity index (χ1n) is 7.39. The standard InChI is InChI=1S/C15H18BClN4O/c1-16(22)21-8-6-13(10-21)19-12-4-2-3-11(9-12)14-5-7-18-15(17)20-14/h2-5,7,9,13,19,22H,6,8,10H2,1H3. The Labute approximate surface area is 135 Å². The summed E-state index contributed by atoms with van der Waals surface area (Å²) in [7, 11) is -0.388. The van der Waals surface area contributed by atoms with Crippen molar-refractivity contribution in [3.05, 3.63) is 41.8 Å². The molecule has 2 heterocycles. The van der Waals surface area contributed by atoms with Crippen molar-refractivity contribution in [1.29, 1.82) is 0 Å². The largest absolute Gasteiger partial charge is 0.437 e. The van der Waals surface area contributed by atoms with Crippen molar-refractivity contribution >= 4 is 24.3 Å². The van der Waals surface area contributed by atoms with Gasteiger partial charge in [0, 0.05) is 30.0 Å². The van der Waals surface area contributed by atoms with E-state index in [2.05, 4.69) is 26.2 Å². The zero-order valence-electron chi connectivity index (χ0n) is 12.4. The van der Waals surface area contributed by atoms with E-state index >= 15 is 0 Å². The lowest BCUT2D eigenvalue weighted by molar-refractivity contribution is 0.422. The van der Waals surface area contributed by atoms with Crippen LogP contribution in [0.2, 0.25) is 12.1 Å². The van der Waals surface area contributed by atoms with Gasteiger partial charge in [0.05, 0.1) is 5.69 Å². The third kappa shape index (κ3) is 3.58. The minimum Gasteiger partial charge on any atom is -0.437 e. The highest BCUT2D eigenvalue weighted by Crippen LogP contribution is 2.23. The topological polar surface area (TPSA) is 61.3 Å². The van der Waals surface area contributed by atoms with E-state index < -0.39 is 0 Å². The van der Waals surface area contributed by atoms with Crippen molar-refractivity contribution in [2.75, 3.05) is 18.4 Å². The van der Waals surface area contributed by atoms with Gasteiger partial charge >= 0.3 is 7.05 Å². The first kappa shape index (κ1) is 15.3. The van der Waals surface area contributed by atoms with Gasteiger partial charge in [-0.05, 0) is 49.6 Å². The average Bonchev–Trinajstić information content (AvgIpc) is 2.96. The Bertz CT molecular complexity index is 655. The molecule has 3 rings (SSSR count). The molecule has 1 fully saturated rings. The molecule has 0 spiro atoms. The zero-order chi connectivity index (χ0) is 15.5. The Kier molecular flexibility index (Phi) is 4.61. The Hall–Kier alpha value is -1.63. The molecule has 1 aromatic heterocycles. The Balaban J connectivity index is 1.72. The van der Waals surface area contributed by atoms with Gasteiger partial charge in [-0.25, -0.2) is 9.97 Å². The van der Waals surface area contributed by atoms with Crippen LogP contribution in [0.1, 0.15) is 6.42 Å². The van der Waals surface area contributed by atoms with E-state index in [1.807, 2.05) is 31.1 Å².